The van der Waals surface area contributed by atoms with E-state index in [0.29, 0.717) is 5.41 Å². The predicted octanol–water partition coefficient (Wildman–Crippen LogP) is 3.64. The van der Waals surface area contributed by atoms with E-state index in [9.17, 15) is 0 Å². The standard InChI is InChI=1S/C20H24N2/c1-16-7-8-19-18(13-16)20(9-11-21-12-10-20)15-22(19)14-17-5-3-2-4-6-17/h2-8,13,21H,9-12,14-15H2,1H3. The zero-order valence-corrected chi connectivity index (χ0v) is 13.3. The van der Waals surface area contributed by atoms with Crippen LogP contribution in [0.25, 0.3) is 0 Å². The highest BCUT2D eigenvalue weighted by atomic mass is 15.2. The number of benzene rings is 2. The lowest BCUT2D eigenvalue weighted by Crippen LogP contribution is -2.43. The molecule has 2 aliphatic rings. The fourth-order valence-corrected chi connectivity index (χ4v) is 4.16. The van der Waals surface area contributed by atoms with Crippen molar-refractivity contribution in [1.82, 2.24) is 5.32 Å². The summed E-state index contributed by atoms with van der Waals surface area (Å²) in [6.45, 7) is 6.70. The van der Waals surface area contributed by atoms with E-state index in [-0.39, 0.29) is 0 Å². The van der Waals surface area contributed by atoms with Gasteiger partial charge in [-0.05, 0) is 50.0 Å². The molecule has 2 heterocycles. The summed E-state index contributed by atoms with van der Waals surface area (Å²) in [4.78, 5) is 2.59. The Balaban J connectivity index is 1.70. The summed E-state index contributed by atoms with van der Waals surface area (Å²) >= 11 is 0. The lowest BCUT2D eigenvalue weighted by Gasteiger charge is -2.35. The molecule has 1 spiro atoms. The highest BCUT2D eigenvalue weighted by molar-refractivity contribution is 5.64. The maximum absolute atomic E-state index is 3.53. The summed E-state index contributed by atoms with van der Waals surface area (Å²) in [6, 6.07) is 17.9. The van der Waals surface area contributed by atoms with Crippen LogP contribution >= 0.6 is 0 Å². The number of rotatable bonds is 2. The van der Waals surface area contributed by atoms with Crippen LogP contribution in [0.15, 0.2) is 48.5 Å². The van der Waals surface area contributed by atoms with Gasteiger partial charge in [0.2, 0.25) is 0 Å². The minimum Gasteiger partial charge on any atom is -0.366 e. The van der Waals surface area contributed by atoms with Crippen LogP contribution in [0.2, 0.25) is 0 Å². The number of hydrogen-bond acceptors (Lipinski definition) is 2. The lowest BCUT2D eigenvalue weighted by atomic mass is 9.74. The predicted molar refractivity (Wildman–Crippen MR) is 92.5 cm³/mol. The zero-order chi connectivity index (χ0) is 15.0. The highest BCUT2D eigenvalue weighted by Crippen LogP contribution is 2.46. The summed E-state index contributed by atoms with van der Waals surface area (Å²) in [5.74, 6) is 0. The minimum atomic E-state index is 0.362. The largest absolute Gasteiger partial charge is 0.366 e. The van der Waals surface area contributed by atoms with Crippen LogP contribution in [0, 0.1) is 6.92 Å². The van der Waals surface area contributed by atoms with Crippen molar-refractivity contribution in [3.63, 3.8) is 0 Å². The molecule has 0 bridgehead atoms. The van der Waals surface area contributed by atoms with Crippen molar-refractivity contribution in [3.8, 4) is 0 Å². The van der Waals surface area contributed by atoms with Gasteiger partial charge in [0.15, 0.2) is 0 Å². The van der Waals surface area contributed by atoms with Crippen LogP contribution in [0.4, 0.5) is 5.69 Å². The number of anilines is 1. The first-order chi connectivity index (χ1) is 10.8. The molecule has 0 unspecified atom stereocenters. The van der Waals surface area contributed by atoms with E-state index >= 15 is 0 Å². The number of aryl methyl sites for hydroxylation is 1. The number of fused-ring (bicyclic) bond motifs is 2. The SMILES string of the molecule is Cc1ccc2c(c1)C1(CCNCC1)CN2Cc1ccccc1. The Hall–Kier alpha value is -1.80. The summed E-state index contributed by atoms with van der Waals surface area (Å²) in [6.07, 6.45) is 2.52. The van der Waals surface area contributed by atoms with E-state index in [1.165, 1.54) is 36.2 Å². The molecule has 0 aromatic heterocycles. The number of hydrogen-bond donors (Lipinski definition) is 1. The van der Waals surface area contributed by atoms with E-state index in [1.54, 1.807) is 5.56 Å². The number of nitrogens with one attached hydrogen (secondary N) is 1. The van der Waals surface area contributed by atoms with Gasteiger partial charge in [-0.1, -0.05) is 48.0 Å². The number of piperidine rings is 1. The maximum atomic E-state index is 3.53. The highest BCUT2D eigenvalue weighted by Gasteiger charge is 2.43. The van der Waals surface area contributed by atoms with E-state index in [1.807, 2.05) is 0 Å². The third-order valence-electron chi connectivity index (χ3n) is 5.33. The van der Waals surface area contributed by atoms with E-state index in [4.69, 9.17) is 0 Å². The Morgan fingerprint density at radius 1 is 1.05 bits per heavy atom. The fourth-order valence-electron chi connectivity index (χ4n) is 4.16. The first-order valence-corrected chi connectivity index (χ1v) is 8.38. The van der Waals surface area contributed by atoms with E-state index in [0.717, 1.165) is 19.6 Å². The molecule has 2 aliphatic heterocycles. The van der Waals surface area contributed by atoms with E-state index in [2.05, 4.69) is 65.7 Å². The van der Waals surface area contributed by atoms with Crippen LogP contribution in [-0.2, 0) is 12.0 Å². The van der Waals surface area contributed by atoms with Crippen LogP contribution < -0.4 is 10.2 Å². The average Bonchev–Trinajstić information content (AvgIpc) is 2.82. The third kappa shape index (κ3) is 2.32. The molecule has 22 heavy (non-hydrogen) atoms. The molecule has 0 saturated carbocycles. The Bertz CT molecular complexity index is 657. The fraction of sp³-hybridized carbons (Fsp3) is 0.400. The van der Waals surface area contributed by atoms with Crippen LogP contribution in [0.5, 0.6) is 0 Å². The van der Waals surface area contributed by atoms with Gasteiger partial charge in [0.1, 0.15) is 0 Å². The molecule has 1 N–H and O–H groups in total. The first-order valence-electron chi connectivity index (χ1n) is 8.38. The molecule has 1 fully saturated rings. The van der Waals surface area contributed by atoms with Gasteiger partial charge in [-0.25, -0.2) is 0 Å². The molecule has 2 aromatic rings. The summed E-state index contributed by atoms with van der Waals surface area (Å²) in [5, 5.41) is 3.53. The molecule has 0 atom stereocenters. The zero-order valence-electron chi connectivity index (χ0n) is 13.3. The van der Waals surface area contributed by atoms with Crippen molar-refractivity contribution in [2.24, 2.45) is 0 Å². The van der Waals surface area contributed by atoms with Gasteiger partial charge in [-0.15, -0.1) is 0 Å². The normalized spacial score (nSPS) is 19.4. The van der Waals surface area contributed by atoms with Gasteiger partial charge >= 0.3 is 0 Å². The third-order valence-corrected chi connectivity index (χ3v) is 5.33. The van der Waals surface area contributed by atoms with Gasteiger partial charge in [0.25, 0.3) is 0 Å². The van der Waals surface area contributed by atoms with Gasteiger partial charge in [-0.3, -0.25) is 0 Å². The molecule has 4 rings (SSSR count). The average molecular weight is 292 g/mol. The van der Waals surface area contributed by atoms with Crippen molar-refractivity contribution in [2.45, 2.75) is 31.7 Å². The van der Waals surface area contributed by atoms with Gasteiger partial charge in [0.05, 0.1) is 0 Å². The quantitative estimate of drug-likeness (QED) is 0.909. The van der Waals surface area contributed by atoms with Crippen LogP contribution in [0.1, 0.15) is 29.5 Å². The minimum absolute atomic E-state index is 0.362. The molecular weight excluding hydrogens is 268 g/mol. The molecule has 114 valence electrons. The van der Waals surface area contributed by atoms with E-state index < -0.39 is 0 Å². The Labute approximate surface area is 133 Å². The van der Waals surface area contributed by atoms with Crippen molar-refractivity contribution in [3.05, 3.63) is 65.2 Å². The molecule has 1 saturated heterocycles. The van der Waals surface area contributed by atoms with Crippen LogP contribution in [0.3, 0.4) is 0 Å². The topological polar surface area (TPSA) is 15.3 Å². The van der Waals surface area contributed by atoms with Crippen molar-refractivity contribution >= 4 is 5.69 Å². The van der Waals surface area contributed by atoms with Crippen LogP contribution in [-0.4, -0.2) is 19.6 Å². The second-order valence-electron chi connectivity index (χ2n) is 6.89. The van der Waals surface area contributed by atoms with Gasteiger partial charge < -0.3 is 10.2 Å². The maximum Gasteiger partial charge on any atom is 0.0429 e. The molecule has 0 aliphatic carbocycles. The second-order valence-corrected chi connectivity index (χ2v) is 6.89. The monoisotopic (exact) mass is 292 g/mol. The van der Waals surface area contributed by atoms with Crippen molar-refractivity contribution < 1.29 is 0 Å². The molecular formula is C20H24N2. The second kappa shape index (κ2) is 5.44. The van der Waals surface area contributed by atoms with Gasteiger partial charge in [0, 0.05) is 24.2 Å². The summed E-state index contributed by atoms with van der Waals surface area (Å²) < 4.78 is 0. The molecule has 0 radical (unpaired) electrons. The lowest BCUT2D eigenvalue weighted by molar-refractivity contribution is 0.325. The van der Waals surface area contributed by atoms with Crippen molar-refractivity contribution in [1.29, 1.82) is 0 Å². The summed E-state index contributed by atoms with van der Waals surface area (Å²) in [5.41, 5.74) is 6.20. The Morgan fingerprint density at radius 2 is 1.82 bits per heavy atom. The van der Waals surface area contributed by atoms with Crippen molar-refractivity contribution in [2.75, 3.05) is 24.5 Å². The summed E-state index contributed by atoms with van der Waals surface area (Å²) in [7, 11) is 0. The smallest absolute Gasteiger partial charge is 0.0429 e. The molecule has 2 aromatic carbocycles. The van der Waals surface area contributed by atoms with Gasteiger partial charge in [-0.2, -0.15) is 0 Å². The molecule has 2 nitrogen and oxygen atoms in total. The molecule has 2 heteroatoms. The Morgan fingerprint density at radius 3 is 2.59 bits per heavy atom. The molecule has 0 amide bonds. The first kappa shape index (κ1) is 13.8. The Kier molecular flexibility index (Phi) is 3.42. The number of nitrogens with zero attached hydrogens (tertiary/aromatic N) is 1.